The molecular formula is C22H28F2N6O2. The molecule has 2 aromatic heterocycles. The van der Waals surface area contributed by atoms with Crippen molar-refractivity contribution in [3.05, 3.63) is 47.7 Å². The zero-order valence-corrected chi connectivity index (χ0v) is 18.7. The first-order chi connectivity index (χ1) is 15.1. The van der Waals surface area contributed by atoms with Gasteiger partial charge in [0.15, 0.2) is 5.49 Å². The fraction of sp³-hybridized carbons (Fsp3) is 0.455. The zero-order valence-electron chi connectivity index (χ0n) is 18.7. The van der Waals surface area contributed by atoms with Gasteiger partial charge in [0.1, 0.15) is 5.82 Å². The van der Waals surface area contributed by atoms with E-state index >= 15 is 0 Å². The maximum absolute atomic E-state index is 13.4. The summed E-state index contributed by atoms with van der Waals surface area (Å²) in [6, 6.07) is 6.98. The van der Waals surface area contributed by atoms with Crippen LogP contribution in [0, 0.1) is 0 Å². The topological polar surface area (TPSA) is 74.0 Å². The van der Waals surface area contributed by atoms with E-state index in [1.807, 2.05) is 18.7 Å². The van der Waals surface area contributed by atoms with Crippen LogP contribution in [0.3, 0.4) is 0 Å². The van der Waals surface area contributed by atoms with Gasteiger partial charge in [-0.2, -0.15) is 5.10 Å². The van der Waals surface area contributed by atoms with E-state index in [4.69, 9.17) is 0 Å². The van der Waals surface area contributed by atoms with Crippen LogP contribution in [0.5, 0.6) is 0 Å². The lowest BCUT2D eigenvalue weighted by Crippen LogP contribution is -2.42. The summed E-state index contributed by atoms with van der Waals surface area (Å²) in [5, 5.41) is 5.95. The van der Waals surface area contributed by atoms with Crippen molar-refractivity contribution in [2.24, 2.45) is 5.10 Å². The highest BCUT2D eigenvalue weighted by Gasteiger charge is 2.35. The lowest BCUT2D eigenvalue weighted by atomic mass is 10.1. The second-order valence-corrected chi connectivity index (χ2v) is 8.22. The minimum Gasteiger partial charge on any atom is -0.338 e. The largest absolute Gasteiger partial charge is 0.338 e. The third kappa shape index (κ3) is 5.30. The minimum atomic E-state index is -2.70. The number of hydrogen-bond donors (Lipinski definition) is 0. The molecule has 0 spiro atoms. The molecule has 0 radical (unpaired) electrons. The number of halogens is 2. The zero-order chi connectivity index (χ0) is 23.5. The summed E-state index contributed by atoms with van der Waals surface area (Å²) in [4.78, 5) is 31.9. The Balaban J connectivity index is 1.87. The average molecular weight is 447 g/mol. The van der Waals surface area contributed by atoms with Gasteiger partial charge in [-0.25, -0.2) is 13.8 Å². The Morgan fingerprint density at radius 2 is 1.91 bits per heavy atom. The quantitative estimate of drug-likeness (QED) is 0.504. The Labute approximate surface area is 185 Å². The first-order valence-electron chi connectivity index (χ1n) is 10.4. The summed E-state index contributed by atoms with van der Waals surface area (Å²) in [7, 11) is 3.53. The van der Waals surface area contributed by atoms with E-state index in [-0.39, 0.29) is 37.9 Å². The second-order valence-electron chi connectivity index (χ2n) is 8.22. The Morgan fingerprint density at radius 1 is 1.22 bits per heavy atom. The number of aromatic nitrogens is 2. The number of alkyl halides is 2. The fourth-order valence-electron chi connectivity index (χ4n) is 3.58. The van der Waals surface area contributed by atoms with E-state index in [2.05, 4.69) is 10.1 Å². The Bertz CT molecular complexity index is 1020. The highest BCUT2D eigenvalue weighted by atomic mass is 19.3. The smallest absolute Gasteiger partial charge is 0.255 e. The molecule has 8 nitrogen and oxygen atoms in total. The molecule has 172 valence electrons. The predicted molar refractivity (Wildman–Crippen MR) is 117 cm³/mol. The van der Waals surface area contributed by atoms with Gasteiger partial charge < -0.3 is 14.8 Å². The molecule has 1 aliphatic rings. The highest BCUT2D eigenvalue weighted by molar-refractivity contribution is 5.94. The molecule has 0 saturated carbocycles. The number of carbonyl (C=O) groups excluding carboxylic acids is 2. The number of likely N-dealkylation sites (tertiary alicyclic amines) is 1. The van der Waals surface area contributed by atoms with Gasteiger partial charge in [0.2, 0.25) is 6.41 Å². The Hall–Kier alpha value is -3.30. The van der Waals surface area contributed by atoms with Crippen LogP contribution < -0.4 is 10.4 Å². The normalized spacial score (nSPS) is 16.2. The first kappa shape index (κ1) is 23.4. The van der Waals surface area contributed by atoms with Crippen LogP contribution in [0.25, 0.3) is 0 Å². The first-order valence-corrected chi connectivity index (χ1v) is 10.4. The van der Waals surface area contributed by atoms with Crippen LogP contribution in [0.2, 0.25) is 0 Å². The molecular weight excluding hydrogens is 418 g/mol. The predicted octanol–water partition coefficient (Wildman–Crippen LogP) is 2.72. The lowest BCUT2D eigenvalue weighted by Gasteiger charge is -2.32. The molecule has 1 amide bonds. The summed E-state index contributed by atoms with van der Waals surface area (Å²) in [6.45, 7) is 4.06. The number of rotatable bonds is 6. The van der Waals surface area contributed by atoms with Gasteiger partial charge in [-0.15, -0.1) is 0 Å². The van der Waals surface area contributed by atoms with Gasteiger partial charge in [-0.1, -0.05) is 0 Å². The van der Waals surface area contributed by atoms with E-state index in [1.54, 1.807) is 49.6 Å². The van der Waals surface area contributed by atoms with E-state index in [1.165, 1.54) is 15.7 Å². The molecule has 3 rings (SSSR count). The third-order valence-electron chi connectivity index (χ3n) is 5.18. The molecule has 0 N–H and O–H groups in total. The van der Waals surface area contributed by atoms with Crippen molar-refractivity contribution in [2.75, 3.05) is 32.1 Å². The molecule has 3 heterocycles. The molecule has 0 atom stereocenters. The van der Waals surface area contributed by atoms with Crippen LogP contribution in [0.4, 0.5) is 20.3 Å². The van der Waals surface area contributed by atoms with E-state index < -0.39 is 5.92 Å². The van der Waals surface area contributed by atoms with Crippen molar-refractivity contribution in [3.8, 4) is 0 Å². The number of pyridine rings is 2. The monoisotopic (exact) mass is 446 g/mol. The summed E-state index contributed by atoms with van der Waals surface area (Å²) in [5.74, 6) is -2.39. The van der Waals surface area contributed by atoms with Crippen molar-refractivity contribution in [1.82, 2.24) is 19.5 Å². The molecule has 2 aromatic rings. The fourth-order valence-corrected chi connectivity index (χ4v) is 3.58. The summed E-state index contributed by atoms with van der Waals surface area (Å²) < 4.78 is 28.1. The number of piperidine rings is 1. The number of anilines is 2. The SMILES string of the molecule is CC(C)N(c1ccn(C=O)/c(=N\N(C)C)c1)c1ccc(C(=O)N2CCC(F)(F)CC2)cn1. The molecule has 32 heavy (non-hydrogen) atoms. The lowest BCUT2D eigenvalue weighted by molar-refractivity contribution is -0.0494. The third-order valence-corrected chi connectivity index (χ3v) is 5.18. The van der Waals surface area contributed by atoms with Crippen LogP contribution in [0.1, 0.15) is 37.0 Å². The van der Waals surface area contributed by atoms with E-state index in [9.17, 15) is 18.4 Å². The highest BCUT2D eigenvalue weighted by Crippen LogP contribution is 2.29. The number of hydrogen-bond acceptors (Lipinski definition) is 6. The van der Waals surface area contributed by atoms with E-state index in [0.717, 1.165) is 5.69 Å². The van der Waals surface area contributed by atoms with Gasteiger partial charge in [-0.3, -0.25) is 14.2 Å². The molecule has 0 bridgehead atoms. The standard InChI is InChI=1S/C22H28F2N6O2/c1-16(2)30(18-7-10-29(15-31)20(13-18)26-27(3)4)19-6-5-17(14-25-19)21(32)28-11-8-22(23,24)9-12-28/h5-7,10,13-16H,8-9,11-12H2,1-4H3/b26-20-. The second kappa shape index (κ2) is 9.46. The van der Waals surface area contributed by atoms with Gasteiger partial charge in [0, 0.05) is 70.2 Å². The van der Waals surface area contributed by atoms with Crippen molar-refractivity contribution in [2.45, 2.75) is 38.7 Å². The summed E-state index contributed by atoms with van der Waals surface area (Å²) >= 11 is 0. The molecule has 1 saturated heterocycles. The molecule has 0 aromatic carbocycles. The van der Waals surface area contributed by atoms with E-state index in [0.29, 0.717) is 23.3 Å². The number of nitrogens with zero attached hydrogens (tertiary/aromatic N) is 6. The molecule has 10 heteroatoms. The molecule has 1 aliphatic heterocycles. The molecule has 1 fully saturated rings. The van der Waals surface area contributed by atoms with Gasteiger partial charge >= 0.3 is 0 Å². The van der Waals surface area contributed by atoms with Crippen molar-refractivity contribution in [3.63, 3.8) is 0 Å². The minimum absolute atomic E-state index is 0.0210. The molecule has 0 aliphatic carbocycles. The van der Waals surface area contributed by atoms with Crippen LogP contribution in [-0.2, 0) is 4.79 Å². The van der Waals surface area contributed by atoms with Crippen LogP contribution in [-0.4, -0.2) is 70.9 Å². The van der Waals surface area contributed by atoms with Crippen molar-refractivity contribution in [1.29, 1.82) is 0 Å². The Morgan fingerprint density at radius 3 is 2.44 bits per heavy atom. The summed E-state index contributed by atoms with van der Waals surface area (Å²) in [5.41, 5.74) is 1.60. The van der Waals surface area contributed by atoms with Crippen LogP contribution >= 0.6 is 0 Å². The van der Waals surface area contributed by atoms with Gasteiger partial charge in [0.05, 0.1) is 5.56 Å². The van der Waals surface area contributed by atoms with Crippen LogP contribution in [0.15, 0.2) is 41.8 Å². The maximum atomic E-state index is 13.4. The van der Waals surface area contributed by atoms with Gasteiger partial charge in [-0.05, 0) is 32.0 Å². The molecule has 0 unspecified atom stereocenters. The number of carbonyl (C=O) groups is 2. The number of amides is 1. The van der Waals surface area contributed by atoms with Crippen molar-refractivity contribution < 1.29 is 18.4 Å². The van der Waals surface area contributed by atoms with Gasteiger partial charge in [0.25, 0.3) is 11.8 Å². The maximum Gasteiger partial charge on any atom is 0.255 e. The Kier molecular flexibility index (Phi) is 6.90. The average Bonchev–Trinajstić information content (AvgIpc) is 2.73. The van der Waals surface area contributed by atoms with Crippen molar-refractivity contribution >= 4 is 23.8 Å². The summed E-state index contributed by atoms with van der Waals surface area (Å²) in [6.07, 6.45) is 3.14.